The Labute approximate surface area is 101 Å². The Morgan fingerprint density at radius 2 is 2.35 bits per heavy atom. The van der Waals surface area contributed by atoms with Crippen molar-refractivity contribution in [1.29, 1.82) is 0 Å². The molecule has 0 fully saturated rings. The molecule has 1 aromatic heterocycles. The van der Waals surface area contributed by atoms with Crippen LogP contribution in [0.3, 0.4) is 0 Å². The van der Waals surface area contributed by atoms with Crippen LogP contribution in [0, 0.1) is 0 Å². The Bertz CT molecular complexity index is 391. The highest BCUT2D eigenvalue weighted by molar-refractivity contribution is 5.96. The number of anilines is 1. The van der Waals surface area contributed by atoms with Gasteiger partial charge >= 0.3 is 0 Å². The summed E-state index contributed by atoms with van der Waals surface area (Å²) in [5, 5.41) is 12.5. The van der Waals surface area contributed by atoms with Crippen LogP contribution in [0.4, 0.5) is 5.69 Å². The fourth-order valence-corrected chi connectivity index (χ4v) is 1.59. The molecule has 0 saturated carbocycles. The highest BCUT2D eigenvalue weighted by Crippen LogP contribution is 2.11. The topological polar surface area (TPSA) is 88.2 Å². The summed E-state index contributed by atoms with van der Waals surface area (Å²) in [6, 6.07) is 3.28. The minimum Gasteiger partial charge on any atom is -0.397 e. The number of aromatic nitrogens is 1. The van der Waals surface area contributed by atoms with Crippen LogP contribution in [0.15, 0.2) is 18.3 Å². The lowest BCUT2D eigenvalue weighted by molar-refractivity contribution is 0.0468. The van der Waals surface area contributed by atoms with Crippen LogP contribution in [0.2, 0.25) is 0 Å². The Morgan fingerprint density at radius 3 is 2.94 bits per heavy atom. The molecule has 0 spiro atoms. The maximum absolute atomic E-state index is 11.8. The molecule has 0 radical (unpaired) electrons. The second-order valence-electron chi connectivity index (χ2n) is 4.37. The largest absolute Gasteiger partial charge is 0.397 e. The van der Waals surface area contributed by atoms with Crippen molar-refractivity contribution < 1.29 is 9.90 Å². The van der Waals surface area contributed by atoms with Gasteiger partial charge in [-0.1, -0.05) is 13.3 Å². The molecule has 1 atom stereocenters. The minimum atomic E-state index is -0.895. The van der Waals surface area contributed by atoms with Crippen LogP contribution in [-0.4, -0.2) is 28.1 Å². The van der Waals surface area contributed by atoms with Gasteiger partial charge < -0.3 is 16.2 Å². The molecule has 5 nitrogen and oxygen atoms in total. The highest BCUT2D eigenvalue weighted by Gasteiger charge is 2.21. The molecule has 1 unspecified atom stereocenters. The number of amides is 1. The molecule has 17 heavy (non-hydrogen) atoms. The molecule has 0 saturated heterocycles. The van der Waals surface area contributed by atoms with E-state index in [0.29, 0.717) is 12.1 Å². The average molecular weight is 237 g/mol. The normalized spacial score (nSPS) is 14.1. The van der Waals surface area contributed by atoms with Gasteiger partial charge in [0, 0.05) is 12.7 Å². The van der Waals surface area contributed by atoms with Gasteiger partial charge in [0.05, 0.1) is 11.3 Å². The molecular formula is C12H19N3O2. The van der Waals surface area contributed by atoms with Crippen molar-refractivity contribution in [1.82, 2.24) is 10.3 Å². The molecule has 0 aliphatic rings. The fraction of sp³-hybridized carbons (Fsp3) is 0.500. The van der Waals surface area contributed by atoms with Crippen molar-refractivity contribution in [3.05, 3.63) is 24.0 Å². The maximum atomic E-state index is 11.8. The van der Waals surface area contributed by atoms with Crippen molar-refractivity contribution in [3.63, 3.8) is 0 Å². The van der Waals surface area contributed by atoms with Gasteiger partial charge in [-0.15, -0.1) is 0 Å². The van der Waals surface area contributed by atoms with Crippen molar-refractivity contribution >= 4 is 11.6 Å². The number of rotatable bonds is 5. The number of nitrogens with two attached hydrogens (primary N) is 1. The first kappa shape index (κ1) is 13.4. The van der Waals surface area contributed by atoms with Crippen LogP contribution < -0.4 is 11.1 Å². The number of aliphatic hydroxyl groups is 1. The first-order valence-corrected chi connectivity index (χ1v) is 5.67. The monoisotopic (exact) mass is 237 g/mol. The number of hydrogen-bond donors (Lipinski definition) is 3. The van der Waals surface area contributed by atoms with E-state index >= 15 is 0 Å². The number of carbonyl (C=O) groups is 1. The molecule has 0 aromatic carbocycles. The van der Waals surface area contributed by atoms with E-state index in [1.165, 1.54) is 6.20 Å². The predicted octanol–water partition coefficient (Wildman–Crippen LogP) is 0.945. The molecule has 5 heteroatoms. The molecule has 1 aromatic rings. The first-order valence-electron chi connectivity index (χ1n) is 5.67. The molecule has 1 rings (SSSR count). The van der Waals surface area contributed by atoms with Gasteiger partial charge in [-0.25, -0.2) is 4.98 Å². The zero-order valence-electron chi connectivity index (χ0n) is 10.2. The number of nitrogen functional groups attached to an aromatic ring is 1. The number of pyridine rings is 1. The Morgan fingerprint density at radius 1 is 1.65 bits per heavy atom. The summed E-state index contributed by atoms with van der Waals surface area (Å²) < 4.78 is 0. The van der Waals surface area contributed by atoms with Crippen molar-refractivity contribution in [2.24, 2.45) is 0 Å². The quantitative estimate of drug-likeness (QED) is 0.711. The summed E-state index contributed by atoms with van der Waals surface area (Å²) in [6.07, 6.45) is 3.00. The Hall–Kier alpha value is -1.62. The van der Waals surface area contributed by atoms with Crippen molar-refractivity contribution in [2.75, 3.05) is 12.3 Å². The van der Waals surface area contributed by atoms with Crippen LogP contribution in [0.1, 0.15) is 37.2 Å². The molecule has 1 heterocycles. The predicted molar refractivity (Wildman–Crippen MR) is 66.5 cm³/mol. The van der Waals surface area contributed by atoms with Gasteiger partial charge in [0.25, 0.3) is 5.91 Å². The van der Waals surface area contributed by atoms with Gasteiger partial charge in [0.15, 0.2) is 5.69 Å². The Balaban J connectivity index is 2.59. The van der Waals surface area contributed by atoms with Crippen LogP contribution >= 0.6 is 0 Å². The van der Waals surface area contributed by atoms with E-state index in [1.807, 2.05) is 6.92 Å². The van der Waals surface area contributed by atoms with Gasteiger partial charge in [0.2, 0.25) is 0 Å². The number of nitrogens with one attached hydrogen (secondary N) is 1. The lowest BCUT2D eigenvalue weighted by Gasteiger charge is -2.22. The third-order valence-corrected chi connectivity index (χ3v) is 2.47. The van der Waals surface area contributed by atoms with Gasteiger partial charge in [-0.3, -0.25) is 4.79 Å². The SMILES string of the molecule is CCCC(C)(O)CNC(=O)c1ncccc1N. The van der Waals surface area contributed by atoms with E-state index in [0.717, 1.165) is 6.42 Å². The molecule has 4 N–H and O–H groups in total. The minimum absolute atomic E-state index is 0.190. The first-order chi connectivity index (χ1) is 7.96. The molecular weight excluding hydrogens is 218 g/mol. The average Bonchev–Trinajstić information content (AvgIpc) is 2.27. The number of hydrogen-bond acceptors (Lipinski definition) is 4. The number of carbonyl (C=O) groups excluding carboxylic acids is 1. The standard InChI is InChI=1S/C12H19N3O2/c1-3-6-12(2,17)8-15-11(16)10-9(13)5-4-7-14-10/h4-5,7,17H,3,6,8,13H2,1-2H3,(H,15,16). The number of nitrogens with zero attached hydrogens (tertiary/aromatic N) is 1. The van der Waals surface area contributed by atoms with E-state index in [4.69, 9.17) is 5.73 Å². The molecule has 1 amide bonds. The van der Waals surface area contributed by atoms with E-state index in [9.17, 15) is 9.90 Å². The lowest BCUT2D eigenvalue weighted by Crippen LogP contribution is -2.40. The third-order valence-electron chi connectivity index (χ3n) is 2.47. The summed E-state index contributed by atoms with van der Waals surface area (Å²) in [4.78, 5) is 15.7. The van der Waals surface area contributed by atoms with Gasteiger partial charge in [-0.05, 0) is 25.5 Å². The van der Waals surface area contributed by atoms with Crippen molar-refractivity contribution in [3.8, 4) is 0 Å². The second-order valence-corrected chi connectivity index (χ2v) is 4.37. The summed E-state index contributed by atoms with van der Waals surface area (Å²) in [7, 11) is 0. The highest BCUT2D eigenvalue weighted by atomic mass is 16.3. The van der Waals surface area contributed by atoms with Gasteiger partial charge in [0.1, 0.15) is 0 Å². The fourth-order valence-electron chi connectivity index (χ4n) is 1.59. The third kappa shape index (κ3) is 4.03. The smallest absolute Gasteiger partial charge is 0.272 e. The summed E-state index contributed by atoms with van der Waals surface area (Å²) in [6.45, 7) is 3.86. The molecule has 0 aliphatic heterocycles. The van der Waals surface area contributed by atoms with Crippen LogP contribution in [-0.2, 0) is 0 Å². The van der Waals surface area contributed by atoms with E-state index in [1.54, 1.807) is 19.1 Å². The van der Waals surface area contributed by atoms with Crippen LogP contribution in [0.5, 0.6) is 0 Å². The molecule has 94 valence electrons. The molecule has 0 aliphatic carbocycles. The van der Waals surface area contributed by atoms with E-state index in [-0.39, 0.29) is 18.1 Å². The van der Waals surface area contributed by atoms with E-state index < -0.39 is 5.60 Å². The Kier molecular flexibility index (Phi) is 4.45. The zero-order chi connectivity index (χ0) is 12.9. The summed E-state index contributed by atoms with van der Waals surface area (Å²) in [5.41, 5.74) is 5.27. The lowest BCUT2D eigenvalue weighted by atomic mass is 10.0. The van der Waals surface area contributed by atoms with Gasteiger partial charge in [-0.2, -0.15) is 0 Å². The van der Waals surface area contributed by atoms with Crippen molar-refractivity contribution in [2.45, 2.75) is 32.3 Å². The maximum Gasteiger partial charge on any atom is 0.272 e. The second kappa shape index (κ2) is 5.63. The van der Waals surface area contributed by atoms with E-state index in [2.05, 4.69) is 10.3 Å². The summed E-state index contributed by atoms with van der Waals surface area (Å²) in [5.74, 6) is -0.362. The summed E-state index contributed by atoms with van der Waals surface area (Å²) >= 11 is 0. The zero-order valence-corrected chi connectivity index (χ0v) is 10.2. The molecule has 0 bridgehead atoms. The van der Waals surface area contributed by atoms with Crippen LogP contribution in [0.25, 0.3) is 0 Å².